The molecule has 4 rings (SSSR count). The molecule has 0 radical (unpaired) electrons. The molecule has 0 atom stereocenters. The number of rotatable bonds is 6. The molecule has 3 aromatic carbocycles. The number of anilines is 1. The van der Waals surface area contributed by atoms with E-state index in [-0.39, 0.29) is 11.7 Å². The zero-order valence-corrected chi connectivity index (χ0v) is 18.6. The first-order valence-electron chi connectivity index (χ1n) is 10.9. The van der Waals surface area contributed by atoms with Crippen LogP contribution in [0, 0.1) is 6.92 Å². The largest absolute Gasteiger partial charge is 0.378 e. The number of amides is 1. The van der Waals surface area contributed by atoms with Crippen molar-refractivity contribution in [2.24, 2.45) is 0 Å². The van der Waals surface area contributed by atoms with Crippen LogP contribution in [0.3, 0.4) is 0 Å². The Morgan fingerprint density at radius 1 is 0.875 bits per heavy atom. The highest BCUT2D eigenvalue weighted by atomic mass is 16.5. The number of para-hydroxylation sites is 1. The van der Waals surface area contributed by atoms with Gasteiger partial charge in [-0.2, -0.15) is 0 Å². The minimum absolute atomic E-state index is 0.143. The molecule has 0 bridgehead atoms. The quantitative estimate of drug-likeness (QED) is 0.548. The third-order valence-electron chi connectivity index (χ3n) is 5.81. The Bertz CT molecular complexity index is 1100. The van der Waals surface area contributed by atoms with E-state index in [9.17, 15) is 9.59 Å². The minimum atomic E-state index is -0.169. The van der Waals surface area contributed by atoms with Crippen LogP contribution in [0.1, 0.15) is 37.4 Å². The van der Waals surface area contributed by atoms with Gasteiger partial charge >= 0.3 is 0 Å². The first kappa shape index (κ1) is 21.8. The number of ketones is 1. The number of aryl methyl sites for hydroxylation is 1. The maximum atomic E-state index is 13.4. The average Bonchev–Trinajstić information content (AvgIpc) is 2.84. The van der Waals surface area contributed by atoms with E-state index >= 15 is 0 Å². The van der Waals surface area contributed by atoms with Gasteiger partial charge in [-0.05, 0) is 24.6 Å². The van der Waals surface area contributed by atoms with Crippen LogP contribution in [0.15, 0.2) is 72.8 Å². The van der Waals surface area contributed by atoms with Crippen molar-refractivity contribution in [2.75, 3.05) is 38.3 Å². The monoisotopic (exact) mass is 428 g/mol. The number of carbonyl (C=O) groups is 2. The molecule has 1 saturated heterocycles. The standard InChI is InChI=1S/C27H28N2O3/c1-20-11-13-21(14-12-20)26(30)23-8-4-5-9-24(23)27(31)28(2)19-22-7-3-6-10-25(22)29-15-17-32-18-16-29/h3-14H,15-19H2,1-2H3. The molecule has 0 spiro atoms. The highest BCUT2D eigenvalue weighted by Crippen LogP contribution is 2.24. The van der Waals surface area contributed by atoms with Crippen LogP contribution in [-0.2, 0) is 11.3 Å². The Morgan fingerprint density at radius 2 is 1.50 bits per heavy atom. The van der Waals surface area contributed by atoms with E-state index in [4.69, 9.17) is 4.74 Å². The van der Waals surface area contributed by atoms with Crippen molar-refractivity contribution >= 4 is 17.4 Å². The summed E-state index contributed by atoms with van der Waals surface area (Å²) in [5, 5.41) is 0. The van der Waals surface area contributed by atoms with Crippen LogP contribution in [0.2, 0.25) is 0 Å². The van der Waals surface area contributed by atoms with Crippen molar-refractivity contribution in [1.29, 1.82) is 0 Å². The SMILES string of the molecule is Cc1ccc(C(=O)c2ccccc2C(=O)N(C)Cc2ccccc2N2CCOCC2)cc1. The molecular formula is C27H28N2O3. The van der Waals surface area contributed by atoms with Crippen molar-refractivity contribution in [3.8, 4) is 0 Å². The summed E-state index contributed by atoms with van der Waals surface area (Å²) in [6, 6.07) is 22.6. The van der Waals surface area contributed by atoms with Crippen LogP contribution in [0.5, 0.6) is 0 Å². The molecule has 3 aromatic rings. The molecule has 1 amide bonds. The molecule has 164 valence electrons. The summed E-state index contributed by atoms with van der Waals surface area (Å²) in [6.07, 6.45) is 0. The molecule has 0 N–H and O–H groups in total. The van der Waals surface area contributed by atoms with Crippen molar-refractivity contribution in [3.63, 3.8) is 0 Å². The smallest absolute Gasteiger partial charge is 0.254 e. The third kappa shape index (κ3) is 4.73. The molecule has 0 aliphatic carbocycles. The Hall–Kier alpha value is -3.44. The van der Waals surface area contributed by atoms with Gasteiger partial charge in [0.05, 0.1) is 18.8 Å². The van der Waals surface area contributed by atoms with Gasteiger partial charge in [-0.15, -0.1) is 0 Å². The number of nitrogens with zero attached hydrogens (tertiary/aromatic N) is 2. The number of hydrogen-bond acceptors (Lipinski definition) is 4. The van der Waals surface area contributed by atoms with Crippen LogP contribution in [-0.4, -0.2) is 49.9 Å². The fourth-order valence-electron chi connectivity index (χ4n) is 4.02. The van der Waals surface area contributed by atoms with Gasteiger partial charge in [0.2, 0.25) is 0 Å². The lowest BCUT2D eigenvalue weighted by Gasteiger charge is -2.31. The first-order valence-corrected chi connectivity index (χ1v) is 10.9. The summed E-state index contributed by atoms with van der Waals surface area (Å²) in [4.78, 5) is 30.5. The number of benzene rings is 3. The fourth-order valence-corrected chi connectivity index (χ4v) is 4.02. The lowest BCUT2D eigenvalue weighted by molar-refractivity contribution is 0.0780. The van der Waals surface area contributed by atoms with Gasteiger partial charge in [0.25, 0.3) is 5.91 Å². The zero-order valence-electron chi connectivity index (χ0n) is 18.6. The van der Waals surface area contributed by atoms with Crippen molar-refractivity contribution in [2.45, 2.75) is 13.5 Å². The van der Waals surface area contributed by atoms with E-state index in [0.717, 1.165) is 29.9 Å². The average molecular weight is 429 g/mol. The lowest BCUT2D eigenvalue weighted by Crippen LogP contribution is -2.37. The molecule has 1 aliphatic rings. The normalized spacial score (nSPS) is 13.6. The molecule has 1 aliphatic heterocycles. The summed E-state index contributed by atoms with van der Waals surface area (Å²) < 4.78 is 5.48. The number of hydrogen-bond donors (Lipinski definition) is 0. The molecule has 5 nitrogen and oxygen atoms in total. The summed E-state index contributed by atoms with van der Waals surface area (Å²) in [7, 11) is 1.78. The van der Waals surface area contributed by atoms with E-state index in [1.165, 1.54) is 0 Å². The predicted molar refractivity (Wildman–Crippen MR) is 126 cm³/mol. The fraction of sp³-hybridized carbons (Fsp3) is 0.259. The number of morpholine rings is 1. The molecule has 5 heteroatoms. The molecule has 1 fully saturated rings. The zero-order chi connectivity index (χ0) is 22.5. The van der Waals surface area contributed by atoms with E-state index in [2.05, 4.69) is 17.0 Å². The highest BCUT2D eigenvalue weighted by molar-refractivity contribution is 6.15. The van der Waals surface area contributed by atoms with E-state index in [1.54, 1.807) is 48.3 Å². The molecule has 0 saturated carbocycles. The second-order valence-corrected chi connectivity index (χ2v) is 8.13. The van der Waals surface area contributed by atoms with E-state index < -0.39 is 0 Å². The summed E-state index contributed by atoms with van der Waals surface area (Å²) in [6.45, 7) is 5.52. The number of carbonyl (C=O) groups excluding carboxylic acids is 2. The highest BCUT2D eigenvalue weighted by Gasteiger charge is 2.22. The van der Waals surface area contributed by atoms with Crippen molar-refractivity contribution in [3.05, 3.63) is 101 Å². The predicted octanol–water partition coefficient (Wildman–Crippen LogP) is 4.33. The van der Waals surface area contributed by atoms with Crippen LogP contribution in [0.4, 0.5) is 5.69 Å². The van der Waals surface area contributed by atoms with Crippen molar-refractivity contribution < 1.29 is 14.3 Å². The van der Waals surface area contributed by atoms with Gasteiger partial charge in [-0.25, -0.2) is 0 Å². The van der Waals surface area contributed by atoms with Gasteiger partial charge in [0, 0.05) is 43.5 Å². The van der Waals surface area contributed by atoms with Gasteiger partial charge in [0.15, 0.2) is 5.78 Å². The van der Waals surface area contributed by atoms with Crippen LogP contribution < -0.4 is 4.90 Å². The van der Waals surface area contributed by atoms with E-state index in [1.807, 2.05) is 31.2 Å². The Kier molecular flexibility index (Phi) is 6.66. The van der Waals surface area contributed by atoms with E-state index in [0.29, 0.717) is 36.4 Å². The van der Waals surface area contributed by atoms with Crippen LogP contribution >= 0.6 is 0 Å². The minimum Gasteiger partial charge on any atom is -0.378 e. The van der Waals surface area contributed by atoms with Gasteiger partial charge < -0.3 is 14.5 Å². The lowest BCUT2D eigenvalue weighted by atomic mass is 9.97. The first-order chi connectivity index (χ1) is 15.5. The molecule has 0 unspecified atom stereocenters. The van der Waals surface area contributed by atoms with Crippen molar-refractivity contribution in [1.82, 2.24) is 4.90 Å². The second kappa shape index (κ2) is 9.79. The summed E-state index contributed by atoms with van der Waals surface area (Å²) in [5.41, 5.74) is 4.71. The Labute approximate surface area is 189 Å². The molecule has 1 heterocycles. The topological polar surface area (TPSA) is 49.9 Å². The van der Waals surface area contributed by atoms with Crippen LogP contribution in [0.25, 0.3) is 0 Å². The number of ether oxygens (including phenoxy) is 1. The molecular weight excluding hydrogens is 400 g/mol. The molecule has 32 heavy (non-hydrogen) atoms. The second-order valence-electron chi connectivity index (χ2n) is 8.13. The Balaban J connectivity index is 1.57. The summed E-state index contributed by atoms with van der Waals surface area (Å²) >= 11 is 0. The van der Waals surface area contributed by atoms with Gasteiger partial charge in [-0.3, -0.25) is 9.59 Å². The Morgan fingerprint density at radius 3 is 2.22 bits per heavy atom. The molecule has 0 aromatic heterocycles. The third-order valence-corrected chi connectivity index (χ3v) is 5.81. The van der Waals surface area contributed by atoms with Gasteiger partial charge in [0.1, 0.15) is 0 Å². The van der Waals surface area contributed by atoms with Gasteiger partial charge in [-0.1, -0.05) is 66.2 Å². The summed E-state index contributed by atoms with van der Waals surface area (Å²) in [5.74, 6) is -0.311. The maximum Gasteiger partial charge on any atom is 0.254 e. The maximum absolute atomic E-state index is 13.4.